The molecule has 2 rings (SSSR count). The fraction of sp³-hybridized carbons (Fsp3) is 0.357. The molecule has 2 aromatic rings. The van der Waals surface area contributed by atoms with E-state index in [1.165, 1.54) is 0 Å². The maximum atomic E-state index is 6.19. The van der Waals surface area contributed by atoms with E-state index in [1.54, 1.807) is 6.20 Å². The first kappa shape index (κ1) is 13.3. The Morgan fingerprint density at radius 2 is 2.11 bits per heavy atom. The molecular formula is C14H18ClN3. The molecule has 0 spiro atoms. The highest BCUT2D eigenvalue weighted by Gasteiger charge is 2.15. The van der Waals surface area contributed by atoms with E-state index in [0.717, 1.165) is 21.5 Å². The highest BCUT2D eigenvalue weighted by atomic mass is 35.5. The van der Waals surface area contributed by atoms with Gasteiger partial charge in [0.15, 0.2) is 0 Å². The van der Waals surface area contributed by atoms with Crippen molar-refractivity contribution in [3.63, 3.8) is 0 Å². The highest BCUT2D eigenvalue weighted by molar-refractivity contribution is 6.35. The number of hydrogen-bond donors (Lipinski definition) is 2. The maximum absolute atomic E-state index is 6.19. The van der Waals surface area contributed by atoms with Crippen LogP contribution in [0.25, 0.3) is 10.9 Å². The molecule has 1 unspecified atom stereocenters. The van der Waals surface area contributed by atoms with Crippen LogP contribution >= 0.6 is 11.6 Å². The molecule has 1 atom stereocenters. The first-order valence-corrected chi connectivity index (χ1v) is 6.50. The fourth-order valence-electron chi connectivity index (χ4n) is 2.13. The number of fused-ring (bicyclic) bond motifs is 1. The van der Waals surface area contributed by atoms with Gasteiger partial charge in [-0.2, -0.15) is 0 Å². The quantitative estimate of drug-likeness (QED) is 0.892. The second-order valence-corrected chi connectivity index (χ2v) is 5.05. The molecule has 0 aliphatic heterocycles. The molecule has 1 heterocycles. The summed E-state index contributed by atoms with van der Waals surface area (Å²) in [5, 5.41) is 5.15. The lowest BCUT2D eigenvalue weighted by Gasteiger charge is -2.21. The van der Waals surface area contributed by atoms with E-state index in [0.29, 0.717) is 12.6 Å². The van der Waals surface area contributed by atoms with Crippen LogP contribution in [0, 0.1) is 0 Å². The molecule has 4 heteroatoms. The van der Waals surface area contributed by atoms with Crippen LogP contribution in [0.2, 0.25) is 5.02 Å². The van der Waals surface area contributed by atoms with Crippen LogP contribution in [-0.4, -0.2) is 17.6 Å². The summed E-state index contributed by atoms with van der Waals surface area (Å²) in [6.07, 6.45) is 1.78. The van der Waals surface area contributed by atoms with Gasteiger partial charge in [-0.05, 0) is 23.8 Å². The average molecular weight is 264 g/mol. The molecule has 0 aliphatic carbocycles. The molecule has 3 N–H and O–H groups in total. The summed E-state index contributed by atoms with van der Waals surface area (Å²) in [6.45, 7) is 4.74. The lowest BCUT2D eigenvalue weighted by molar-refractivity contribution is 0.486. The van der Waals surface area contributed by atoms with Crippen LogP contribution in [0.4, 0.5) is 0 Å². The van der Waals surface area contributed by atoms with Crippen LogP contribution in [0.1, 0.15) is 25.5 Å². The van der Waals surface area contributed by atoms with Gasteiger partial charge in [0.25, 0.3) is 0 Å². The van der Waals surface area contributed by atoms with Crippen LogP contribution in [0.15, 0.2) is 30.5 Å². The first-order chi connectivity index (χ1) is 8.63. The molecule has 0 radical (unpaired) electrons. The predicted octanol–water partition coefficient (Wildman–Crippen LogP) is 2.89. The Morgan fingerprint density at radius 1 is 1.33 bits per heavy atom. The SMILES string of the molecule is CC(C)NC(CN)c1ccc(Cl)c2cccnc12. The molecule has 0 fully saturated rings. The standard InChI is InChI=1S/C14H18ClN3/c1-9(2)18-13(8-16)11-5-6-12(15)10-4-3-7-17-14(10)11/h3-7,9,13,18H,8,16H2,1-2H3. The third-order valence-electron chi connectivity index (χ3n) is 2.89. The minimum atomic E-state index is 0.0969. The summed E-state index contributed by atoms with van der Waals surface area (Å²) in [4.78, 5) is 4.44. The van der Waals surface area contributed by atoms with Gasteiger partial charge in [0.2, 0.25) is 0 Å². The third-order valence-corrected chi connectivity index (χ3v) is 3.22. The molecule has 0 amide bonds. The van der Waals surface area contributed by atoms with Crippen molar-refractivity contribution in [1.29, 1.82) is 0 Å². The van der Waals surface area contributed by atoms with Crippen molar-refractivity contribution in [2.75, 3.05) is 6.54 Å². The van der Waals surface area contributed by atoms with E-state index < -0.39 is 0 Å². The summed E-state index contributed by atoms with van der Waals surface area (Å²) < 4.78 is 0. The number of nitrogens with one attached hydrogen (secondary N) is 1. The average Bonchev–Trinajstić information content (AvgIpc) is 2.37. The normalized spacial score (nSPS) is 13.2. The Labute approximate surface area is 112 Å². The summed E-state index contributed by atoms with van der Waals surface area (Å²) >= 11 is 6.19. The lowest BCUT2D eigenvalue weighted by atomic mass is 10.0. The molecule has 18 heavy (non-hydrogen) atoms. The van der Waals surface area contributed by atoms with Gasteiger partial charge >= 0.3 is 0 Å². The topological polar surface area (TPSA) is 50.9 Å². The molecular weight excluding hydrogens is 246 g/mol. The fourth-order valence-corrected chi connectivity index (χ4v) is 2.34. The van der Waals surface area contributed by atoms with E-state index in [9.17, 15) is 0 Å². The number of benzene rings is 1. The van der Waals surface area contributed by atoms with Gasteiger partial charge in [0.05, 0.1) is 5.52 Å². The molecule has 3 nitrogen and oxygen atoms in total. The molecule has 0 bridgehead atoms. The minimum absolute atomic E-state index is 0.0969. The Hall–Kier alpha value is -1.16. The minimum Gasteiger partial charge on any atom is -0.329 e. The molecule has 0 saturated carbocycles. The van der Waals surface area contributed by atoms with Gasteiger partial charge in [-0.3, -0.25) is 4.98 Å². The van der Waals surface area contributed by atoms with E-state index in [1.807, 2.05) is 24.3 Å². The number of hydrogen-bond acceptors (Lipinski definition) is 3. The number of rotatable bonds is 4. The zero-order valence-electron chi connectivity index (χ0n) is 10.7. The maximum Gasteiger partial charge on any atom is 0.0765 e. The zero-order chi connectivity index (χ0) is 13.1. The smallest absolute Gasteiger partial charge is 0.0765 e. The Balaban J connectivity index is 2.53. The number of nitrogens with zero attached hydrogens (tertiary/aromatic N) is 1. The van der Waals surface area contributed by atoms with Gasteiger partial charge < -0.3 is 11.1 Å². The van der Waals surface area contributed by atoms with Gasteiger partial charge in [0, 0.05) is 35.2 Å². The highest BCUT2D eigenvalue weighted by Crippen LogP contribution is 2.28. The van der Waals surface area contributed by atoms with Crippen molar-refractivity contribution in [2.45, 2.75) is 25.9 Å². The van der Waals surface area contributed by atoms with Crippen LogP contribution in [-0.2, 0) is 0 Å². The second-order valence-electron chi connectivity index (χ2n) is 4.65. The largest absolute Gasteiger partial charge is 0.329 e. The van der Waals surface area contributed by atoms with Crippen LogP contribution < -0.4 is 11.1 Å². The Bertz CT molecular complexity index is 540. The molecule has 1 aromatic heterocycles. The third kappa shape index (κ3) is 2.64. The Kier molecular flexibility index (Phi) is 4.17. The molecule has 1 aromatic carbocycles. The van der Waals surface area contributed by atoms with Crippen molar-refractivity contribution in [3.05, 3.63) is 41.0 Å². The van der Waals surface area contributed by atoms with Gasteiger partial charge in [0.1, 0.15) is 0 Å². The van der Waals surface area contributed by atoms with Gasteiger partial charge in [-0.1, -0.05) is 31.5 Å². The Morgan fingerprint density at radius 3 is 2.78 bits per heavy atom. The summed E-state index contributed by atoms with van der Waals surface area (Å²) in [6, 6.07) is 8.26. The number of aromatic nitrogens is 1. The van der Waals surface area contributed by atoms with Crippen molar-refractivity contribution in [2.24, 2.45) is 5.73 Å². The number of nitrogens with two attached hydrogens (primary N) is 1. The summed E-state index contributed by atoms with van der Waals surface area (Å²) in [7, 11) is 0. The molecule has 0 saturated heterocycles. The molecule has 0 aliphatic rings. The van der Waals surface area contributed by atoms with Crippen molar-refractivity contribution < 1.29 is 0 Å². The van der Waals surface area contributed by atoms with Crippen molar-refractivity contribution in [3.8, 4) is 0 Å². The van der Waals surface area contributed by atoms with E-state index >= 15 is 0 Å². The van der Waals surface area contributed by atoms with E-state index in [2.05, 4.69) is 24.1 Å². The van der Waals surface area contributed by atoms with Crippen LogP contribution in [0.3, 0.4) is 0 Å². The van der Waals surface area contributed by atoms with Gasteiger partial charge in [-0.15, -0.1) is 0 Å². The van der Waals surface area contributed by atoms with E-state index in [4.69, 9.17) is 17.3 Å². The zero-order valence-corrected chi connectivity index (χ0v) is 11.4. The van der Waals surface area contributed by atoms with Crippen molar-refractivity contribution in [1.82, 2.24) is 10.3 Å². The monoisotopic (exact) mass is 263 g/mol. The number of halogens is 1. The molecule has 96 valence electrons. The van der Waals surface area contributed by atoms with Crippen molar-refractivity contribution >= 4 is 22.5 Å². The number of pyridine rings is 1. The second kappa shape index (κ2) is 5.65. The predicted molar refractivity (Wildman–Crippen MR) is 76.8 cm³/mol. The first-order valence-electron chi connectivity index (χ1n) is 6.12. The summed E-state index contributed by atoms with van der Waals surface area (Å²) in [5.74, 6) is 0. The van der Waals surface area contributed by atoms with Gasteiger partial charge in [-0.25, -0.2) is 0 Å². The lowest BCUT2D eigenvalue weighted by Crippen LogP contribution is -2.33. The van der Waals surface area contributed by atoms with Crippen LogP contribution in [0.5, 0.6) is 0 Å². The van der Waals surface area contributed by atoms with E-state index in [-0.39, 0.29) is 6.04 Å². The summed E-state index contributed by atoms with van der Waals surface area (Å²) in [5.41, 5.74) is 7.89.